The normalized spacial score (nSPS) is 15.9. The standard InChI is InChI=1S/C27H27N5O2/c33-27(19-32-28-24-7-3-4-8-25(24)29-32)31-13-14-34-26-10-9-20(15-23(26)18-31)16-30-12-11-21-5-1-2-6-22(21)17-30/h1-10,15H,11-14,16-19H2. The molecule has 172 valence electrons. The van der Waals surface area contributed by atoms with Gasteiger partial charge in [0.05, 0.1) is 6.54 Å². The number of benzene rings is 3. The summed E-state index contributed by atoms with van der Waals surface area (Å²) in [6.07, 6.45) is 1.09. The first kappa shape index (κ1) is 20.9. The van der Waals surface area contributed by atoms with E-state index in [0.29, 0.717) is 19.7 Å². The maximum absolute atomic E-state index is 13.1. The molecule has 0 N–H and O–H groups in total. The maximum Gasteiger partial charge on any atom is 0.246 e. The molecule has 0 atom stereocenters. The van der Waals surface area contributed by atoms with E-state index in [1.165, 1.54) is 21.5 Å². The molecule has 0 aliphatic carbocycles. The molecule has 3 heterocycles. The van der Waals surface area contributed by atoms with E-state index < -0.39 is 0 Å². The molecule has 3 aromatic carbocycles. The van der Waals surface area contributed by atoms with Crippen molar-refractivity contribution < 1.29 is 9.53 Å². The third-order valence-electron chi connectivity index (χ3n) is 6.68. The minimum absolute atomic E-state index is 0.00482. The number of carbonyl (C=O) groups excluding carboxylic acids is 1. The summed E-state index contributed by atoms with van der Waals surface area (Å²) in [4.78, 5) is 18.9. The predicted molar refractivity (Wildman–Crippen MR) is 129 cm³/mol. The molecule has 0 spiro atoms. The highest BCUT2D eigenvalue weighted by atomic mass is 16.5. The van der Waals surface area contributed by atoms with Gasteiger partial charge < -0.3 is 9.64 Å². The van der Waals surface area contributed by atoms with E-state index in [1.807, 2.05) is 29.2 Å². The van der Waals surface area contributed by atoms with Crippen LogP contribution in [0.25, 0.3) is 11.0 Å². The molecule has 7 heteroatoms. The van der Waals surface area contributed by atoms with Crippen molar-refractivity contribution in [3.05, 3.63) is 89.0 Å². The molecule has 6 rings (SSSR count). The molecule has 2 aliphatic heterocycles. The van der Waals surface area contributed by atoms with E-state index in [1.54, 1.807) is 0 Å². The van der Waals surface area contributed by atoms with E-state index in [0.717, 1.165) is 48.4 Å². The first-order valence-electron chi connectivity index (χ1n) is 11.8. The van der Waals surface area contributed by atoms with Crippen LogP contribution in [-0.4, -0.2) is 50.4 Å². The topological polar surface area (TPSA) is 63.5 Å². The summed E-state index contributed by atoms with van der Waals surface area (Å²) in [5.74, 6) is 0.862. The molecule has 0 radical (unpaired) electrons. The Morgan fingerprint density at radius 2 is 1.62 bits per heavy atom. The third kappa shape index (κ3) is 4.26. The Morgan fingerprint density at radius 1 is 0.853 bits per heavy atom. The Kier molecular flexibility index (Phi) is 5.47. The Balaban J connectivity index is 1.15. The molecule has 7 nitrogen and oxygen atoms in total. The van der Waals surface area contributed by atoms with Crippen LogP contribution in [0.2, 0.25) is 0 Å². The lowest BCUT2D eigenvalue weighted by Gasteiger charge is -2.29. The summed E-state index contributed by atoms with van der Waals surface area (Å²) in [5, 5.41) is 8.86. The number of rotatable bonds is 4. The van der Waals surface area contributed by atoms with E-state index in [-0.39, 0.29) is 12.5 Å². The largest absolute Gasteiger partial charge is 0.491 e. The SMILES string of the molecule is O=C(Cn1nc2ccccc2n1)N1CCOc2ccc(CN3CCc4ccccc4C3)cc2C1. The number of hydrogen-bond donors (Lipinski definition) is 0. The minimum Gasteiger partial charge on any atom is -0.491 e. The summed E-state index contributed by atoms with van der Waals surface area (Å²) < 4.78 is 5.97. The highest BCUT2D eigenvalue weighted by Gasteiger charge is 2.22. The Labute approximate surface area is 198 Å². The molecule has 34 heavy (non-hydrogen) atoms. The molecular formula is C27H27N5O2. The number of hydrogen-bond acceptors (Lipinski definition) is 5. The summed E-state index contributed by atoms with van der Waals surface area (Å²) in [6, 6.07) is 22.8. The van der Waals surface area contributed by atoms with Crippen molar-refractivity contribution in [1.82, 2.24) is 24.8 Å². The highest BCUT2D eigenvalue weighted by Crippen LogP contribution is 2.27. The monoisotopic (exact) mass is 453 g/mol. The number of amides is 1. The van der Waals surface area contributed by atoms with Crippen molar-refractivity contribution in [2.24, 2.45) is 0 Å². The van der Waals surface area contributed by atoms with Crippen LogP contribution in [0.15, 0.2) is 66.7 Å². The van der Waals surface area contributed by atoms with Gasteiger partial charge in [-0.15, -0.1) is 0 Å². The molecule has 1 amide bonds. The van der Waals surface area contributed by atoms with Gasteiger partial charge in [-0.1, -0.05) is 42.5 Å². The lowest BCUT2D eigenvalue weighted by atomic mass is 9.99. The maximum atomic E-state index is 13.1. The molecule has 0 saturated heterocycles. The number of nitrogens with zero attached hydrogens (tertiary/aromatic N) is 5. The van der Waals surface area contributed by atoms with E-state index in [2.05, 4.69) is 57.6 Å². The van der Waals surface area contributed by atoms with Gasteiger partial charge >= 0.3 is 0 Å². The van der Waals surface area contributed by atoms with Gasteiger partial charge in [0.25, 0.3) is 0 Å². The fourth-order valence-electron chi connectivity index (χ4n) is 4.90. The Hall–Kier alpha value is -3.71. The average molecular weight is 454 g/mol. The Bertz CT molecular complexity index is 1310. The zero-order valence-corrected chi connectivity index (χ0v) is 19.1. The van der Waals surface area contributed by atoms with Crippen LogP contribution >= 0.6 is 0 Å². The number of aromatic nitrogens is 3. The molecule has 2 aliphatic rings. The molecule has 1 aromatic heterocycles. The lowest BCUT2D eigenvalue weighted by Crippen LogP contribution is -2.35. The molecule has 0 saturated carbocycles. The van der Waals surface area contributed by atoms with Crippen molar-refractivity contribution in [2.75, 3.05) is 19.7 Å². The van der Waals surface area contributed by atoms with Crippen molar-refractivity contribution in [3.63, 3.8) is 0 Å². The predicted octanol–water partition coefficient (Wildman–Crippen LogP) is 3.41. The Morgan fingerprint density at radius 3 is 2.44 bits per heavy atom. The highest BCUT2D eigenvalue weighted by molar-refractivity contribution is 5.77. The van der Waals surface area contributed by atoms with Gasteiger partial charge in [-0.2, -0.15) is 15.0 Å². The molecule has 0 bridgehead atoms. The van der Waals surface area contributed by atoms with Crippen molar-refractivity contribution in [3.8, 4) is 5.75 Å². The molecule has 0 fully saturated rings. The van der Waals surface area contributed by atoms with Crippen LogP contribution in [0, 0.1) is 0 Å². The van der Waals surface area contributed by atoms with Crippen molar-refractivity contribution >= 4 is 16.9 Å². The van der Waals surface area contributed by atoms with Crippen LogP contribution in [0.3, 0.4) is 0 Å². The summed E-state index contributed by atoms with van der Waals surface area (Å²) >= 11 is 0. The molecule has 4 aromatic rings. The second kappa shape index (κ2) is 8.91. The smallest absolute Gasteiger partial charge is 0.246 e. The van der Waals surface area contributed by atoms with Gasteiger partial charge in [-0.3, -0.25) is 9.69 Å². The fourth-order valence-corrected chi connectivity index (χ4v) is 4.90. The minimum atomic E-state index is -0.00482. The zero-order valence-electron chi connectivity index (χ0n) is 19.1. The van der Waals surface area contributed by atoms with Crippen LogP contribution < -0.4 is 4.74 Å². The van der Waals surface area contributed by atoms with Gasteiger partial charge in [0, 0.05) is 31.7 Å². The lowest BCUT2D eigenvalue weighted by molar-refractivity contribution is -0.133. The summed E-state index contributed by atoms with van der Waals surface area (Å²) in [5.41, 5.74) is 6.77. The van der Waals surface area contributed by atoms with Crippen LogP contribution in [0.1, 0.15) is 22.3 Å². The van der Waals surface area contributed by atoms with Crippen molar-refractivity contribution in [1.29, 1.82) is 0 Å². The molecular weight excluding hydrogens is 426 g/mol. The third-order valence-corrected chi connectivity index (χ3v) is 6.68. The first-order valence-corrected chi connectivity index (χ1v) is 11.8. The number of ether oxygens (including phenoxy) is 1. The van der Waals surface area contributed by atoms with Gasteiger partial charge in [0.2, 0.25) is 5.91 Å². The number of fused-ring (bicyclic) bond motifs is 3. The van der Waals surface area contributed by atoms with E-state index in [4.69, 9.17) is 4.74 Å². The first-order chi connectivity index (χ1) is 16.7. The summed E-state index contributed by atoms with van der Waals surface area (Å²) in [6.45, 7) is 4.60. The fraction of sp³-hybridized carbons (Fsp3) is 0.296. The van der Waals surface area contributed by atoms with E-state index in [9.17, 15) is 4.79 Å². The second-order valence-electron chi connectivity index (χ2n) is 9.05. The van der Waals surface area contributed by atoms with Crippen LogP contribution in [0.4, 0.5) is 0 Å². The van der Waals surface area contributed by atoms with Gasteiger partial charge in [0.15, 0.2) is 0 Å². The average Bonchev–Trinajstić information content (AvgIpc) is 3.14. The molecule has 0 unspecified atom stereocenters. The van der Waals surface area contributed by atoms with Gasteiger partial charge in [-0.25, -0.2) is 0 Å². The van der Waals surface area contributed by atoms with Gasteiger partial charge in [0.1, 0.15) is 29.9 Å². The quantitative estimate of drug-likeness (QED) is 0.474. The second-order valence-corrected chi connectivity index (χ2v) is 9.05. The van der Waals surface area contributed by atoms with Crippen LogP contribution in [-0.2, 0) is 37.4 Å². The van der Waals surface area contributed by atoms with Crippen LogP contribution in [0.5, 0.6) is 5.75 Å². The number of carbonyl (C=O) groups is 1. The van der Waals surface area contributed by atoms with Gasteiger partial charge in [-0.05, 0) is 47.4 Å². The van der Waals surface area contributed by atoms with Crippen molar-refractivity contribution in [2.45, 2.75) is 32.6 Å². The van der Waals surface area contributed by atoms with E-state index >= 15 is 0 Å². The summed E-state index contributed by atoms with van der Waals surface area (Å²) in [7, 11) is 0. The zero-order chi connectivity index (χ0) is 22.9.